The number of carbonyl (C=O) groups excluding carboxylic acids is 2. The van der Waals surface area contributed by atoms with Gasteiger partial charge in [0.25, 0.3) is 6.08 Å². The van der Waals surface area contributed by atoms with Crippen LogP contribution in [-0.4, -0.2) is 22.2 Å². The highest BCUT2D eigenvalue weighted by Crippen LogP contribution is 2.27. The van der Waals surface area contributed by atoms with E-state index in [2.05, 4.69) is 4.40 Å². The van der Waals surface area contributed by atoms with E-state index in [9.17, 15) is 9.59 Å². The SMILES string of the molecule is O=C=NS[N+](=C=O)C1CC1. The van der Waals surface area contributed by atoms with Gasteiger partial charge in [0.05, 0.1) is 0 Å². The predicted molar refractivity (Wildman–Crippen MR) is 34.7 cm³/mol. The molecule has 0 unspecified atom stereocenters. The van der Waals surface area contributed by atoms with Crippen LogP contribution >= 0.6 is 12.1 Å². The molecule has 1 aliphatic rings. The molecule has 10 heavy (non-hydrogen) atoms. The van der Waals surface area contributed by atoms with Crippen LogP contribution in [0.1, 0.15) is 12.8 Å². The minimum absolute atomic E-state index is 0.236. The van der Waals surface area contributed by atoms with E-state index < -0.39 is 0 Å². The lowest BCUT2D eigenvalue weighted by Crippen LogP contribution is -2.01. The first kappa shape index (κ1) is 7.22. The molecule has 0 aromatic heterocycles. The standard InChI is InChI=1S/C5H5N2O2S/c8-3-6-10-7(4-9)5-1-2-5/h5H,1-2H2/q+1. The van der Waals surface area contributed by atoms with Crippen LogP contribution in [0, 0.1) is 0 Å². The summed E-state index contributed by atoms with van der Waals surface area (Å²) in [6.45, 7) is 0. The largest absolute Gasteiger partial charge is 0.440 e. The second-order valence-electron chi connectivity index (χ2n) is 1.91. The first-order valence-corrected chi connectivity index (χ1v) is 3.53. The molecule has 5 heteroatoms. The van der Waals surface area contributed by atoms with Crippen LogP contribution in [-0.2, 0) is 9.59 Å². The fourth-order valence-electron chi connectivity index (χ4n) is 0.528. The first-order valence-electron chi connectivity index (χ1n) is 2.80. The van der Waals surface area contributed by atoms with E-state index in [1.165, 1.54) is 10.1 Å². The van der Waals surface area contributed by atoms with Gasteiger partial charge in [-0.05, 0) is 0 Å². The van der Waals surface area contributed by atoms with Gasteiger partial charge in [-0.2, -0.15) is 4.79 Å². The van der Waals surface area contributed by atoms with Crippen LogP contribution in [0.5, 0.6) is 0 Å². The molecule has 0 aromatic carbocycles. The van der Waals surface area contributed by atoms with Crippen LogP contribution in [0.4, 0.5) is 0 Å². The quantitative estimate of drug-likeness (QED) is 0.258. The van der Waals surface area contributed by atoms with Crippen molar-refractivity contribution in [3.63, 3.8) is 0 Å². The van der Waals surface area contributed by atoms with E-state index in [0.29, 0.717) is 0 Å². The Balaban J connectivity index is 2.49. The second kappa shape index (κ2) is 3.32. The third kappa shape index (κ3) is 1.81. The van der Waals surface area contributed by atoms with Crippen LogP contribution in [0.15, 0.2) is 4.40 Å². The molecule has 52 valence electrons. The third-order valence-corrected chi connectivity index (χ3v) is 1.84. The summed E-state index contributed by atoms with van der Waals surface area (Å²) < 4.78 is 4.48. The molecular weight excluding hydrogens is 152 g/mol. The molecule has 0 bridgehead atoms. The van der Waals surface area contributed by atoms with Gasteiger partial charge in [0.2, 0.25) is 0 Å². The molecule has 0 amide bonds. The highest BCUT2D eigenvalue weighted by molar-refractivity contribution is 7.92. The molecule has 0 aliphatic heterocycles. The van der Waals surface area contributed by atoms with Crippen molar-refractivity contribution in [2.24, 2.45) is 4.40 Å². The number of isocyanates is 2. The first-order chi connectivity index (χ1) is 4.88. The lowest BCUT2D eigenvalue weighted by atomic mass is 10.8. The Morgan fingerprint density at radius 2 is 2.20 bits per heavy atom. The van der Waals surface area contributed by atoms with Gasteiger partial charge >= 0.3 is 18.2 Å². The molecule has 1 fully saturated rings. The van der Waals surface area contributed by atoms with E-state index in [-0.39, 0.29) is 6.04 Å². The maximum absolute atomic E-state index is 10.1. The van der Waals surface area contributed by atoms with Crippen LogP contribution in [0.2, 0.25) is 0 Å². The molecule has 1 aliphatic carbocycles. The number of hydrogen-bond acceptors (Lipinski definition) is 4. The molecule has 0 spiro atoms. The van der Waals surface area contributed by atoms with Crippen LogP contribution < -0.4 is 0 Å². The summed E-state index contributed by atoms with van der Waals surface area (Å²) in [5, 5.41) is 0. The van der Waals surface area contributed by atoms with E-state index >= 15 is 0 Å². The van der Waals surface area contributed by atoms with Gasteiger partial charge in [0.15, 0.2) is 6.04 Å². The molecule has 0 aromatic rings. The third-order valence-electron chi connectivity index (χ3n) is 1.13. The molecular formula is C5H5N2O2S+. The van der Waals surface area contributed by atoms with Gasteiger partial charge in [-0.1, -0.05) is 8.38 Å². The summed E-state index contributed by atoms with van der Waals surface area (Å²) in [5.74, 6) is 0. The lowest BCUT2D eigenvalue weighted by Gasteiger charge is -1.80. The van der Waals surface area contributed by atoms with Crippen molar-refractivity contribution in [3.8, 4) is 0 Å². The van der Waals surface area contributed by atoms with Crippen molar-refractivity contribution < 1.29 is 13.6 Å². The molecule has 0 N–H and O–H groups in total. The summed E-state index contributed by atoms with van der Waals surface area (Å²) in [7, 11) is 0. The highest BCUT2D eigenvalue weighted by Gasteiger charge is 2.36. The van der Waals surface area contributed by atoms with Gasteiger partial charge in [0.1, 0.15) is 0 Å². The van der Waals surface area contributed by atoms with Gasteiger partial charge in [-0.15, -0.1) is 0 Å². The summed E-state index contributed by atoms with van der Waals surface area (Å²) in [6.07, 6.45) is 4.97. The Labute approximate surface area is 61.9 Å². The average molecular weight is 157 g/mol. The Hall–Kier alpha value is -0.890. The summed E-state index contributed by atoms with van der Waals surface area (Å²) in [5.41, 5.74) is 0. The second-order valence-corrected chi connectivity index (χ2v) is 2.65. The molecule has 0 saturated heterocycles. The zero-order valence-electron chi connectivity index (χ0n) is 5.11. The maximum atomic E-state index is 10.1. The van der Waals surface area contributed by atoms with Gasteiger partial charge < -0.3 is 0 Å². The minimum atomic E-state index is 0.236. The van der Waals surface area contributed by atoms with E-state index in [0.717, 1.165) is 25.0 Å². The van der Waals surface area contributed by atoms with Crippen molar-refractivity contribution in [1.29, 1.82) is 0 Å². The Kier molecular flexibility index (Phi) is 2.40. The number of hydrogen-bond donors (Lipinski definition) is 0. The van der Waals surface area contributed by atoms with Crippen molar-refractivity contribution in [1.82, 2.24) is 0 Å². The average Bonchev–Trinajstić information content (AvgIpc) is 2.73. The van der Waals surface area contributed by atoms with Crippen LogP contribution in [0.25, 0.3) is 0 Å². The molecule has 1 rings (SSSR count). The summed E-state index contributed by atoms with van der Waals surface area (Å²) >= 11 is 0.803. The minimum Gasteiger partial charge on any atom is -0.210 e. The van der Waals surface area contributed by atoms with Gasteiger partial charge in [-0.3, -0.25) is 0 Å². The molecule has 4 nitrogen and oxygen atoms in total. The molecule has 1 saturated carbocycles. The van der Waals surface area contributed by atoms with E-state index in [1.54, 1.807) is 6.08 Å². The topological polar surface area (TPSA) is 49.5 Å². The normalized spacial score (nSPS) is 15.2. The highest BCUT2D eigenvalue weighted by atomic mass is 32.2. The van der Waals surface area contributed by atoms with Crippen LogP contribution in [0.3, 0.4) is 0 Å². The van der Waals surface area contributed by atoms with E-state index in [4.69, 9.17) is 0 Å². The van der Waals surface area contributed by atoms with Gasteiger partial charge in [0, 0.05) is 12.8 Å². The zero-order valence-corrected chi connectivity index (χ0v) is 5.93. The van der Waals surface area contributed by atoms with Crippen molar-refractivity contribution in [2.75, 3.05) is 0 Å². The fraction of sp³-hybridized carbons (Fsp3) is 0.600. The predicted octanol–water partition coefficient (Wildman–Crippen LogP) is 0.396. The maximum Gasteiger partial charge on any atom is 0.440 e. The zero-order chi connectivity index (χ0) is 7.40. The summed E-state index contributed by atoms with van der Waals surface area (Å²) in [6, 6.07) is 0.236. The summed E-state index contributed by atoms with van der Waals surface area (Å²) in [4.78, 5) is 19.7. The molecule has 0 heterocycles. The fourth-order valence-corrected chi connectivity index (χ4v) is 1.03. The Bertz CT molecular complexity index is 224. The molecule has 0 radical (unpaired) electrons. The molecule has 0 atom stereocenters. The number of nitrogens with zero attached hydrogens (tertiary/aromatic N) is 2. The monoisotopic (exact) mass is 157 g/mol. The Morgan fingerprint density at radius 1 is 1.50 bits per heavy atom. The number of rotatable bonds is 3. The van der Waals surface area contributed by atoms with Crippen molar-refractivity contribution in [3.05, 3.63) is 0 Å². The lowest BCUT2D eigenvalue weighted by molar-refractivity contribution is -0.361. The van der Waals surface area contributed by atoms with Crippen molar-refractivity contribution in [2.45, 2.75) is 18.9 Å². The smallest absolute Gasteiger partial charge is 0.210 e. The van der Waals surface area contributed by atoms with Gasteiger partial charge in [-0.25, -0.2) is 4.79 Å². The van der Waals surface area contributed by atoms with E-state index in [1.807, 2.05) is 0 Å². The van der Waals surface area contributed by atoms with Crippen molar-refractivity contribution >= 4 is 24.3 Å². The Morgan fingerprint density at radius 3 is 2.60 bits per heavy atom.